The minimum absolute atomic E-state index is 0.261. The number of halogens is 1. The maximum absolute atomic E-state index is 12.6. The minimum Gasteiger partial charge on any atom is -0.277 e. The summed E-state index contributed by atoms with van der Waals surface area (Å²) in [6, 6.07) is 8.83. The molecule has 1 aliphatic rings. The maximum atomic E-state index is 12.6. The van der Waals surface area contributed by atoms with Crippen LogP contribution >= 0.6 is 11.6 Å². The van der Waals surface area contributed by atoms with Crippen LogP contribution in [-0.4, -0.2) is 22.0 Å². The molecule has 106 valence electrons. The van der Waals surface area contributed by atoms with E-state index < -0.39 is 5.91 Å². The fourth-order valence-electron chi connectivity index (χ4n) is 2.41. The van der Waals surface area contributed by atoms with Crippen LogP contribution in [0.5, 0.6) is 0 Å². The summed E-state index contributed by atoms with van der Waals surface area (Å²) in [4.78, 5) is 25.4. The van der Waals surface area contributed by atoms with Crippen LogP contribution in [0.3, 0.4) is 0 Å². The molecule has 0 spiro atoms. The Morgan fingerprint density at radius 3 is 2.67 bits per heavy atom. The number of hydrogen-bond acceptors (Lipinski definition) is 3. The van der Waals surface area contributed by atoms with E-state index in [1.54, 1.807) is 30.3 Å². The zero-order valence-corrected chi connectivity index (χ0v) is 12.2. The van der Waals surface area contributed by atoms with Crippen molar-refractivity contribution < 1.29 is 9.59 Å². The van der Waals surface area contributed by atoms with Crippen molar-refractivity contribution >= 4 is 39.7 Å². The number of fused-ring (bicyclic) bond motifs is 1. The number of amides is 2. The summed E-state index contributed by atoms with van der Waals surface area (Å²) >= 11 is 6.37. The second-order valence-electron chi connectivity index (χ2n) is 4.79. The zero-order chi connectivity index (χ0) is 15.1. The lowest BCUT2D eigenvalue weighted by molar-refractivity contribution is -0.122. The molecule has 0 saturated heterocycles. The average Bonchev–Trinajstić information content (AvgIpc) is 2.98. The third-order valence-electron chi connectivity index (χ3n) is 3.31. The van der Waals surface area contributed by atoms with Gasteiger partial charge >= 0.3 is 0 Å². The van der Waals surface area contributed by atoms with Crippen LogP contribution < -0.4 is 4.90 Å². The molecular formula is C15H12ClN3O2. The lowest BCUT2D eigenvalue weighted by Crippen LogP contribution is -2.31. The van der Waals surface area contributed by atoms with Crippen LogP contribution in [0.1, 0.15) is 23.9 Å². The molecule has 1 N–H and O–H groups in total. The fraction of sp³-hybridized carbons (Fsp3) is 0.133. The Kier molecular flexibility index (Phi) is 3.14. The highest BCUT2D eigenvalue weighted by Gasteiger charge is 2.37. The Bertz CT molecular complexity index is 792. The molecule has 5 nitrogen and oxygen atoms in total. The number of benzene rings is 1. The van der Waals surface area contributed by atoms with E-state index in [0.717, 1.165) is 10.6 Å². The Balaban J connectivity index is 2.24. The van der Waals surface area contributed by atoms with Crippen LogP contribution in [0.2, 0.25) is 0 Å². The first-order valence-corrected chi connectivity index (χ1v) is 6.75. The molecule has 1 aliphatic heterocycles. The smallest absolute Gasteiger partial charge is 0.267 e. The topological polar surface area (TPSA) is 66.1 Å². The van der Waals surface area contributed by atoms with E-state index in [9.17, 15) is 9.59 Å². The lowest BCUT2D eigenvalue weighted by Gasteiger charge is -2.11. The third kappa shape index (κ3) is 2.06. The molecule has 0 saturated carbocycles. The molecule has 0 radical (unpaired) electrons. The first-order valence-electron chi connectivity index (χ1n) is 6.37. The third-order valence-corrected chi connectivity index (χ3v) is 3.70. The van der Waals surface area contributed by atoms with E-state index in [1.165, 1.54) is 6.92 Å². The number of hydrogen-bond donors (Lipinski definition) is 1. The summed E-state index contributed by atoms with van der Waals surface area (Å²) in [6.45, 7) is 3.17. The van der Waals surface area contributed by atoms with E-state index in [2.05, 4.69) is 10.2 Å². The van der Waals surface area contributed by atoms with Gasteiger partial charge in [-0.25, -0.2) is 4.90 Å². The van der Waals surface area contributed by atoms with Crippen LogP contribution in [0.25, 0.3) is 10.6 Å². The summed E-state index contributed by atoms with van der Waals surface area (Å²) in [5.74, 6) is -0.756. The standard InChI is InChI=1S/C15H12ClN3O2/c1-8-7-11(18-17-8)14(16)13-10-5-3-4-6-12(10)19(9(2)20)15(13)21/h3-7H,1-2H3,(H,17,18)/b14-13+. The Hall–Kier alpha value is -2.40. The zero-order valence-electron chi connectivity index (χ0n) is 11.5. The molecule has 0 bridgehead atoms. The van der Waals surface area contributed by atoms with Gasteiger partial charge in [0.1, 0.15) is 0 Å². The summed E-state index contributed by atoms with van der Waals surface area (Å²) < 4.78 is 0. The van der Waals surface area contributed by atoms with Gasteiger partial charge in [-0.3, -0.25) is 14.7 Å². The molecule has 0 aliphatic carbocycles. The quantitative estimate of drug-likeness (QED) is 0.824. The van der Waals surface area contributed by atoms with Crippen molar-refractivity contribution in [2.75, 3.05) is 4.90 Å². The molecule has 0 atom stereocenters. The van der Waals surface area contributed by atoms with Crippen LogP contribution in [0.15, 0.2) is 30.3 Å². The number of carbonyl (C=O) groups is 2. The molecule has 3 rings (SSSR count). The number of H-pyrrole nitrogens is 1. The molecule has 0 fully saturated rings. The van der Waals surface area contributed by atoms with Crippen LogP contribution in [-0.2, 0) is 9.59 Å². The number of anilines is 1. The van der Waals surface area contributed by atoms with Crippen molar-refractivity contribution in [1.29, 1.82) is 0 Å². The van der Waals surface area contributed by atoms with Crippen molar-refractivity contribution in [3.63, 3.8) is 0 Å². The molecule has 0 unspecified atom stereocenters. The molecule has 2 amide bonds. The predicted octanol–water partition coefficient (Wildman–Crippen LogP) is 2.72. The predicted molar refractivity (Wildman–Crippen MR) is 80.6 cm³/mol. The van der Waals surface area contributed by atoms with Crippen molar-refractivity contribution in [3.8, 4) is 0 Å². The first-order chi connectivity index (χ1) is 10.0. The second-order valence-corrected chi connectivity index (χ2v) is 5.17. The summed E-state index contributed by atoms with van der Waals surface area (Å²) in [5.41, 5.74) is 2.84. The molecule has 2 aromatic rings. The fourth-order valence-corrected chi connectivity index (χ4v) is 2.69. The van der Waals surface area contributed by atoms with Crippen molar-refractivity contribution in [2.24, 2.45) is 0 Å². The minimum atomic E-state index is -0.416. The number of nitrogens with zero attached hydrogens (tertiary/aromatic N) is 2. The van der Waals surface area contributed by atoms with Crippen molar-refractivity contribution in [3.05, 3.63) is 47.3 Å². The van der Waals surface area contributed by atoms with Gasteiger partial charge in [0.05, 0.1) is 27.7 Å². The van der Waals surface area contributed by atoms with Gasteiger partial charge in [0, 0.05) is 12.5 Å². The van der Waals surface area contributed by atoms with Crippen molar-refractivity contribution in [1.82, 2.24) is 10.2 Å². The van der Waals surface area contributed by atoms with Crippen LogP contribution in [0, 0.1) is 6.92 Å². The second kappa shape index (κ2) is 4.86. The summed E-state index contributed by atoms with van der Waals surface area (Å²) in [6.07, 6.45) is 0. The number of aryl methyl sites for hydroxylation is 1. The van der Waals surface area contributed by atoms with E-state index in [4.69, 9.17) is 11.6 Å². The van der Waals surface area contributed by atoms with Crippen molar-refractivity contribution in [2.45, 2.75) is 13.8 Å². The molecule has 6 heteroatoms. The van der Waals surface area contributed by atoms with Gasteiger partial charge < -0.3 is 0 Å². The van der Waals surface area contributed by atoms with Gasteiger partial charge in [0.15, 0.2) is 0 Å². The highest BCUT2D eigenvalue weighted by Crippen LogP contribution is 2.41. The number of imide groups is 1. The Morgan fingerprint density at radius 2 is 2.05 bits per heavy atom. The van der Waals surface area contributed by atoms with Gasteiger partial charge in [-0.1, -0.05) is 29.8 Å². The van der Waals surface area contributed by atoms with E-state index in [0.29, 0.717) is 22.5 Å². The number of aromatic nitrogens is 2. The van der Waals surface area contributed by atoms with E-state index >= 15 is 0 Å². The molecular weight excluding hydrogens is 290 g/mol. The van der Waals surface area contributed by atoms with Gasteiger partial charge in [-0.05, 0) is 19.1 Å². The normalized spacial score (nSPS) is 16.1. The highest BCUT2D eigenvalue weighted by atomic mass is 35.5. The number of para-hydroxylation sites is 1. The van der Waals surface area contributed by atoms with E-state index in [-0.39, 0.29) is 10.9 Å². The molecule has 1 aromatic carbocycles. The monoisotopic (exact) mass is 301 g/mol. The number of aromatic amines is 1. The summed E-state index contributed by atoms with van der Waals surface area (Å²) in [7, 11) is 0. The average molecular weight is 302 g/mol. The van der Waals surface area contributed by atoms with Gasteiger partial charge in [-0.2, -0.15) is 5.10 Å². The maximum Gasteiger partial charge on any atom is 0.267 e. The number of carbonyl (C=O) groups excluding carboxylic acids is 2. The van der Waals surface area contributed by atoms with Gasteiger partial charge in [-0.15, -0.1) is 0 Å². The van der Waals surface area contributed by atoms with E-state index in [1.807, 2.05) is 6.92 Å². The largest absolute Gasteiger partial charge is 0.277 e. The summed E-state index contributed by atoms with van der Waals surface area (Å²) in [5, 5.41) is 7.05. The van der Waals surface area contributed by atoms with Crippen LogP contribution in [0.4, 0.5) is 5.69 Å². The van der Waals surface area contributed by atoms with Gasteiger partial charge in [0.25, 0.3) is 5.91 Å². The Morgan fingerprint density at radius 1 is 1.33 bits per heavy atom. The van der Waals surface area contributed by atoms with Gasteiger partial charge in [0.2, 0.25) is 5.91 Å². The number of rotatable bonds is 1. The molecule has 2 heterocycles. The molecule has 1 aromatic heterocycles. The lowest BCUT2D eigenvalue weighted by atomic mass is 10.1. The number of nitrogens with one attached hydrogen (secondary N) is 1. The molecule has 21 heavy (non-hydrogen) atoms. The SMILES string of the molecule is CC(=O)N1C(=O)/C(=C(/Cl)c2cc(C)n[nH]2)c2ccccc21. The first kappa shape index (κ1) is 13.6. The Labute approximate surface area is 126 Å². The highest BCUT2D eigenvalue weighted by molar-refractivity contribution is 6.60.